The van der Waals surface area contributed by atoms with E-state index in [-0.39, 0.29) is 32.6 Å². The minimum Gasteiger partial charge on any atom is -0.462 e. The van der Waals surface area contributed by atoms with Crippen molar-refractivity contribution < 1.29 is 37.6 Å². The third-order valence-corrected chi connectivity index (χ3v) is 14.5. The van der Waals surface area contributed by atoms with Crippen LogP contribution in [0.15, 0.2) is 231 Å². The first-order valence-corrected chi connectivity index (χ1v) is 36.4. The molecule has 9 nitrogen and oxygen atoms in total. The third-order valence-electron chi connectivity index (χ3n) is 13.5. The Morgan fingerprint density at radius 3 is 0.846 bits per heavy atom. The van der Waals surface area contributed by atoms with Gasteiger partial charge in [-0.05, 0) is 161 Å². The summed E-state index contributed by atoms with van der Waals surface area (Å²) in [4.78, 5) is 35.4. The lowest BCUT2D eigenvalue weighted by molar-refractivity contribution is -0.161. The Morgan fingerprint density at radius 2 is 0.571 bits per heavy atom. The summed E-state index contributed by atoms with van der Waals surface area (Å²) in [5.74, 6) is -0.890. The highest BCUT2D eigenvalue weighted by atomic mass is 31.2. The van der Waals surface area contributed by atoms with Crippen LogP contribution in [0.25, 0.3) is 0 Å². The summed E-state index contributed by atoms with van der Waals surface area (Å²) in [5, 5.41) is 0. The van der Waals surface area contributed by atoms with Crippen LogP contribution in [0.3, 0.4) is 0 Å². The van der Waals surface area contributed by atoms with Crippen molar-refractivity contribution >= 4 is 19.8 Å². The number of hydrogen-bond donors (Lipinski definition) is 2. The molecule has 0 spiro atoms. The van der Waals surface area contributed by atoms with Crippen molar-refractivity contribution in [3.05, 3.63) is 231 Å². The smallest absolute Gasteiger partial charge is 0.462 e. The molecule has 0 amide bonds. The number of unbranched alkanes of at least 4 members (excludes halogenated alkanes) is 11. The minimum absolute atomic E-state index is 0.0340. The van der Waals surface area contributed by atoms with Crippen LogP contribution in [0.2, 0.25) is 0 Å². The molecule has 0 saturated heterocycles. The normalized spacial score (nSPS) is 14.4. The van der Waals surface area contributed by atoms with E-state index in [4.69, 9.17) is 24.3 Å². The van der Waals surface area contributed by atoms with Crippen molar-refractivity contribution in [1.82, 2.24) is 0 Å². The van der Waals surface area contributed by atoms with E-state index in [1.807, 2.05) is 0 Å². The lowest BCUT2D eigenvalue weighted by Gasteiger charge is -2.19. The fourth-order valence-corrected chi connectivity index (χ4v) is 9.24. The van der Waals surface area contributed by atoms with E-state index in [1.54, 1.807) is 0 Å². The van der Waals surface area contributed by atoms with Crippen LogP contribution in [0, 0.1) is 0 Å². The fourth-order valence-electron chi connectivity index (χ4n) is 8.48. The predicted octanol–water partition coefficient (Wildman–Crippen LogP) is 23.4. The van der Waals surface area contributed by atoms with Crippen LogP contribution in [-0.4, -0.2) is 49.3 Å². The summed E-state index contributed by atoms with van der Waals surface area (Å²) in [6, 6.07) is 0. The van der Waals surface area contributed by atoms with Crippen LogP contribution in [-0.2, 0) is 32.7 Å². The first kappa shape index (κ1) is 85.1. The van der Waals surface area contributed by atoms with Gasteiger partial charge in [0.2, 0.25) is 0 Å². The standard InChI is InChI=1S/C81H124NO8P/c1-3-5-7-9-11-13-15-17-19-21-23-25-27-29-31-33-35-37-39-41-43-45-47-49-51-53-55-57-59-61-63-65-67-69-71-73-80(83)87-77-79(78-89-91(85,86)88-76-75-82)90-81(84)74-72-70-68-66-64-62-60-58-56-54-52-50-48-46-44-42-40-38-36-34-32-30-28-26-24-22-20-18-16-14-12-10-8-6-4-2/h5-8,11-14,17-20,23-26,29-32,35-38,41-44,47-50,53-56,60,62,79H,3-4,9-10,15-16,21-22,27-28,33-34,39-40,45-46,51-52,57-59,61,63-78,82H2,1-2H3,(H,85,86)/b7-5-,8-6-,13-11-,14-12-,19-17-,20-18-,25-23-,26-24-,31-29-,32-30-,37-35-,38-36-,43-41-,44-42-,49-47-,50-48-,55-53-,56-54-,62-60-. The largest absolute Gasteiger partial charge is 0.472 e. The molecule has 0 aromatic carbocycles. The van der Waals surface area contributed by atoms with Crippen molar-refractivity contribution in [3.8, 4) is 0 Å². The second kappa shape index (κ2) is 73.1. The molecule has 0 aliphatic heterocycles. The number of rotatable bonds is 62. The van der Waals surface area contributed by atoms with E-state index in [0.717, 1.165) is 173 Å². The number of carbonyl (C=O) groups excluding carboxylic acids is 2. The Balaban J connectivity index is 4.09. The number of hydrogen-bond acceptors (Lipinski definition) is 8. The van der Waals surface area contributed by atoms with Gasteiger partial charge in [-0.3, -0.25) is 18.6 Å². The maximum absolute atomic E-state index is 12.8. The molecule has 0 aromatic heterocycles. The second-order valence-electron chi connectivity index (χ2n) is 21.9. The summed E-state index contributed by atoms with van der Waals surface area (Å²) < 4.78 is 33.1. The van der Waals surface area contributed by atoms with Gasteiger partial charge in [0.1, 0.15) is 6.61 Å². The number of carbonyl (C=O) groups is 2. The SMILES string of the molecule is CC/C=C\C/C=C\C/C=C\C/C=C\C/C=C\C/C=C\C/C=C\C/C=C\C/C=C\C/C=C\CCCCCCC(=O)OC(COC(=O)CCCCCCCCC/C=C\C/C=C\C/C=C\C/C=C\C/C=C\C/C=C\C/C=C\C/C=C\C/C=C\CC)COP(=O)(O)OCCN. The lowest BCUT2D eigenvalue weighted by Crippen LogP contribution is -2.29. The van der Waals surface area contributed by atoms with Crippen molar-refractivity contribution in [3.63, 3.8) is 0 Å². The molecule has 506 valence electrons. The summed E-state index contributed by atoms with van der Waals surface area (Å²) in [5.41, 5.74) is 5.40. The van der Waals surface area contributed by atoms with Gasteiger partial charge >= 0.3 is 19.8 Å². The molecule has 0 rings (SSSR count). The Bertz CT molecular complexity index is 2340. The average molecular weight is 1270 g/mol. The molecule has 0 fully saturated rings. The molecule has 0 aromatic rings. The zero-order chi connectivity index (χ0) is 65.8. The molecule has 91 heavy (non-hydrogen) atoms. The molecule has 10 heteroatoms. The molecule has 2 unspecified atom stereocenters. The van der Waals surface area contributed by atoms with E-state index in [1.165, 1.54) is 19.3 Å². The van der Waals surface area contributed by atoms with Gasteiger partial charge in [-0.1, -0.05) is 290 Å². The molecule has 0 aliphatic carbocycles. The summed E-state index contributed by atoms with van der Waals surface area (Å²) in [6.07, 6.45) is 115. The van der Waals surface area contributed by atoms with Crippen molar-refractivity contribution in [2.24, 2.45) is 5.73 Å². The monoisotopic (exact) mass is 1270 g/mol. The Hall–Kier alpha value is -5.93. The maximum Gasteiger partial charge on any atom is 0.472 e. The second-order valence-corrected chi connectivity index (χ2v) is 23.4. The van der Waals surface area contributed by atoms with Gasteiger partial charge in [-0.15, -0.1) is 0 Å². The molecular formula is C81H124NO8P. The van der Waals surface area contributed by atoms with Crippen molar-refractivity contribution in [1.29, 1.82) is 0 Å². The quantitative estimate of drug-likeness (QED) is 0.0264. The number of phosphoric acid groups is 1. The predicted molar refractivity (Wildman–Crippen MR) is 394 cm³/mol. The molecule has 3 N–H and O–H groups in total. The highest BCUT2D eigenvalue weighted by Gasteiger charge is 2.26. The van der Waals surface area contributed by atoms with Crippen LogP contribution < -0.4 is 5.73 Å². The lowest BCUT2D eigenvalue weighted by atomic mass is 10.1. The van der Waals surface area contributed by atoms with E-state index in [9.17, 15) is 19.0 Å². The number of nitrogens with two attached hydrogens (primary N) is 1. The fraction of sp³-hybridized carbons (Fsp3) is 0.506. The summed E-state index contributed by atoms with van der Waals surface area (Å²) >= 11 is 0. The molecule has 0 bridgehead atoms. The molecular weight excluding hydrogens is 1150 g/mol. The molecule has 0 radical (unpaired) electrons. The zero-order valence-corrected chi connectivity index (χ0v) is 57.6. The molecule has 0 aliphatic rings. The highest BCUT2D eigenvalue weighted by Crippen LogP contribution is 2.43. The van der Waals surface area contributed by atoms with E-state index in [0.29, 0.717) is 12.8 Å². The van der Waals surface area contributed by atoms with Crippen molar-refractivity contribution in [2.45, 2.75) is 238 Å². The van der Waals surface area contributed by atoms with Crippen LogP contribution in [0.1, 0.15) is 232 Å². The van der Waals surface area contributed by atoms with Gasteiger partial charge in [0.25, 0.3) is 0 Å². The van der Waals surface area contributed by atoms with E-state index >= 15 is 0 Å². The zero-order valence-electron chi connectivity index (χ0n) is 56.7. The van der Waals surface area contributed by atoms with Gasteiger partial charge < -0.3 is 20.1 Å². The first-order chi connectivity index (χ1) is 44.8. The molecule has 0 saturated carbocycles. The van der Waals surface area contributed by atoms with Gasteiger partial charge in [-0.2, -0.15) is 0 Å². The third kappa shape index (κ3) is 73.0. The number of allylic oxidation sites excluding steroid dienone is 38. The maximum atomic E-state index is 12.8. The Labute approximate surface area is 555 Å². The topological polar surface area (TPSA) is 134 Å². The number of ether oxygens (including phenoxy) is 2. The van der Waals surface area contributed by atoms with Crippen LogP contribution in [0.4, 0.5) is 0 Å². The van der Waals surface area contributed by atoms with Gasteiger partial charge in [0.15, 0.2) is 6.10 Å². The molecule has 2 atom stereocenters. The average Bonchev–Trinajstić information content (AvgIpc) is 3.68. The van der Waals surface area contributed by atoms with Crippen LogP contribution in [0.5, 0.6) is 0 Å². The molecule has 0 heterocycles. The van der Waals surface area contributed by atoms with E-state index in [2.05, 4.69) is 245 Å². The van der Waals surface area contributed by atoms with E-state index < -0.39 is 32.5 Å². The van der Waals surface area contributed by atoms with Crippen LogP contribution >= 0.6 is 7.82 Å². The van der Waals surface area contributed by atoms with Gasteiger partial charge in [-0.25, -0.2) is 4.57 Å². The van der Waals surface area contributed by atoms with Crippen molar-refractivity contribution in [2.75, 3.05) is 26.4 Å². The first-order valence-electron chi connectivity index (χ1n) is 34.9. The minimum atomic E-state index is -4.42. The highest BCUT2D eigenvalue weighted by molar-refractivity contribution is 7.47. The number of phosphoric ester groups is 1. The summed E-state index contributed by atoms with van der Waals surface area (Å²) in [6.45, 7) is 3.44. The van der Waals surface area contributed by atoms with Gasteiger partial charge in [0, 0.05) is 19.4 Å². The summed E-state index contributed by atoms with van der Waals surface area (Å²) in [7, 11) is -4.42. The van der Waals surface area contributed by atoms with Gasteiger partial charge in [0.05, 0.1) is 13.2 Å². The Kier molecular flexibility index (Phi) is 68.4. The number of esters is 2. The Morgan fingerprint density at radius 1 is 0.330 bits per heavy atom.